The molecule has 23 heteroatoms. The molecule has 1 spiro atoms. The first-order chi connectivity index (χ1) is 35.1. The molecule has 0 aromatic carbocycles. The van der Waals surface area contributed by atoms with Gasteiger partial charge in [0, 0.05) is 18.3 Å². The molecular formula is C51H82O23. The molecule has 10 rings (SSSR count). The van der Waals surface area contributed by atoms with Crippen LogP contribution in [0, 0.1) is 46.3 Å². The van der Waals surface area contributed by atoms with Crippen LogP contribution in [-0.2, 0) is 47.4 Å². The van der Waals surface area contributed by atoms with Crippen molar-refractivity contribution < 1.29 is 114 Å². The third-order valence-electron chi connectivity index (χ3n) is 19.9. The van der Waals surface area contributed by atoms with Crippen LogP contribution in [0.5, 0.6) is 0 Å². The smallest absolute Gasteiger partial charge is 0.189 e. The summed E-state index contributed by atoms with van der Waals surface area (Å²) in [5.74, 6) is 0.341. The lowest BCUT2D eigenvalue weighted by Crippen LogP contribution is -2.67. The molecular weight excluding hydrogens is 981 g/mol. The van der Waals surface area contributed by atoms with Crippen LogP contribution in [-0.4, -0.2) is 233 Å². The molecule has 6 saturated heterocycles. The Bertz CT molecular complexity index is 1970. The van der Waals surface area contributed by atoms with Gasteiger partial charge >= 0.3 is 0 Å². The van der Waals surface area contributed by atoms with Crippen LogP contribution in [0.25, 0.3) is 0 Å². The van der Waals surface area contributed by atoms with Gasteiger partial charge in [-0.15, -0.1) is 0 Å². The molecule has 23 nitrogen and oxygen atoms in total. The van der Waals surface area contributed by atoms with Gasteiger partial charge < -0.3 is 114 Å². The zero-order chi connectivity index (χ0) is 53.1. The molecule has 424 valence electrons. The average Bonchev–Trinajstić information content (AvgIpc) is 3.83. The Morgan fingerprint density at radius 2 is 1.12 bits per heavy atom. The number of rotatable bonds is 11. The zero-order valence-corrected chi connectivity index (χ0v) is 42.7. The van der Waals surface area contributed by atoms with Gasteiger partial charge in [-0.1, -0.05) is 39.3 Å². The van der Waals surface area contributed by atoms with E-state index in [-0.39, 0.29) is 34.7 Å². The molecule has 0 radical (unpaired) electrons. The topological polar surface area (TPSA) is 355 Å². The Balaban J connectivity index is 0.826. The van der Waals surface area contributed by atoms with Gasteiger partial charge in [0.25, 0.3) is 0 Å². The first kappa shape index (κ1) is 56.1. The lowest BCUT2D eigenvalue weighted by atomic mass is 9.47. The third kappa shape index (κ3) is 9.38. The quantitative estimate of drug-likeness (QED) is 0.0941. The van der Waals surface area contributed by atoms with Crippen molar-refractivity contribution in [3.8, 4) is 0 Å². The molecule has 17 unspecified atom stereocenters. The highest BCUT2D eigenvalue weighted by atomic mass is 16.8. The molecule has 0 aromatic rings. The maximum atomic E-state index is 12.1. The first-order valence-electron chi connectivity index (χ1n) is 27.0. The Morgan fingerprint density at radius 1 is 0.541 bits per heavy atom. The molecule has 6 heterocycles. The maximum absolute atomic E-state index is 12.1. The van der Waals surface area contributed by atoms with Crippen LogP contribution in [0.1, 0.15) is 92.4 Å². The van der Waals surface area contributed by atoms with Gasteiger partial charge in [0.15, 0.2) is 37.2 Å². The van der Waals surface area contributed by atoms with Crippen molar-refractivity contribution in [2.24, 2.45) is 46.3 Å². The van der Waals surface area contributed by atoms with E-state index in [0.29, 0.717) is 37.0 Å². The highest BCUT2D eigenvalue weighted by Crippen LogP contribution is 2.71. The van der Waals surface area contributed by atoms with E-state index < -0.39 is 161 Å². The van der Waals surface area contributed by atoms with E-state index in [9.17, 15) is 66.4 Å². The summed E-state index contributed by atoms with van der Waals surface area (Å²) in [6.45, 7) is 8.41. The van der Waals surface area contributed by atoms with Crippen LogP contribution in [0.4, 0.5) is 0 Å². The van der Waals surface area contributed by atoms with Crippen LogP contribution in [0.2, 0.25) is 0 Å². The molecule has 10 aliphatic rings. The second-order valence-electron chi connectivity index (χ2n) is 24.0. The third-order valence-corrected chi connectivity index (χ3v) is 19.9. The van der Waals surface area contributed by atoms with Gasteiger partial charge in [0.1, 0.15) is 91.6 Å². The number of allylic oxidation sites excluding steroid dienone is 1. The molecule has 3 saturated carbocycles. The van der Waals surface area contributed by atoms with E-state index in [1.54, 1.807) is 0 Å². The summed E-state index contributed by atoms with van der Waals surface area (Å²) in [5.41, 5.74) is 1.06. The second kappa shape index (κ2) is 21.4. The predicted molar refractivity (Wildman–Crippen MR) is 248 cm³/mol. The highest BCUT2D eigenvalue weighted by Gasteiger charge is 2.70. The van der Waals surface area contributed by atoms with Crippen molar-refractivity contribution in [3.63, 3.8) is 0 Å². The van der Waals surface area contributed by atoms with Crippen molar-refractivity contribution in [2.75, 3.05) is 19.8 Å². The maximum Gasteiger partial charge on any atom is 0.189 e. The van der Waals surface area contributed by atoms with Gasteiger partial charge in [-0.3, -0.25) is 0 Å². The number of aliphatic hydroxyl groups excluding tert-OH is 13. The zero-order valence-electron chi connectivity index (χ0n) is 42.7. The van der Waals surface area contributed by atoms with E-state index in [2.05, 4.69) is 26.8 Å². The van der Waals surface area contributed by atoms with Gasteiger partial charge in [0.05, 0.1) is 38.1 Å². The fourth-order valence-electron chi connectivity index (χ4n) is 15.5. The van der Waals surface area contributed by atoms with Gasteiger partial charge in [-0.25, -0.2) is 0 Å². The van der Waals surface area contributed by atoms with Crippen molar-refractivity contribution in [1.82, 2.24) is 0 Å². The Hall–Kier alpha value is -1.18. The number of ether oxygens (including phenoxy) is 10. The molecule has 0 aromatic heterocycles. The summed E-state index contributed by atoms with van der Waals surface area (Å²) in [4.78, 5) is 0. The monoisotopic (exact) mass is 1060 g/mol. The minimum Gasteiger partial charge on any atom is -0.394 e. The largest absolute Gasteiger partial charge is 0.394 e. The molecule has 9 fully saturated rings. The minimum atomic E-state index is -1.85. The minimum absolute atomic E-state index is 0.00616. The average molecular weight is 1060 g/mol. The molecule has 32 atom stereocenters. The van der Waals surface area contributed by atoms with E-state index >= 15 is 0 Å². The van der Waals surface area contributed by atoms with E-state index in [4.69, 9.17) is 47.4 Å². The van der Waals surface area contributed by atoms with E-state index in [0.717, 1.165) is 38.5 Å². The number of aliphatic hydroxyl groups is 13. The summed E-state index contributed by atoms with van der Waals surface area (Å²) < 4.78 is 62.3. The normalized spacial score (nSPS) is 57.5. The predicted octanol–water partition coefficient (Wildman–Crippen LogP) is -2.64. The summed E-state index contributed by atoms with van der Waals surface area (Å²) in [6.07, 6.45) is -22.6. The Morgan fingerprint density at radius 3 is 1.76 bits per heavy atom. The van der Waals surface area contributed by atoms with Crippen molar-refractivity contribution in [3.05, 3.63) is 11.6 Å². The SMILES string of the molecule is CC1O[C@@H](OC2[C@H](O[C@H]3CC[C@@]4(C)C(=CCC5C6CC7OC8(CC[C@@H](C)C(O[C@@H]9O[C@H](CO)C(O)[C@H](O)C9O)O8)C(C)C7[C@@]6(C)CCC54)C3)O[C@H](CO)C(O[C@@H]3O[C@H](CO)C(O)[C@H](O)C3O)[C@@H]2O)C(O)C(O)[C@H]1O. The van der Waals surface area contributed by atoms with E-state index in [1.165, 1.54) is 12.5 Å². The molecule has 4 aliphatic carbocycles. The Kier molecular flexibility index (Phi) is 16.2. The highest BCUT2D eigenvalue weighted by molar-refractivity contribution is 5.26. The fraction of sp³-hybridized carbons (Fsp3) is 0.961. The Labute approximate surface area is 430 Å². The van der Waals surface area contributed by atoms with Crippen LogP contribution in [0.3, 0.4) is 0 Å². The lowest BCUT2D eigenvalue weighted by Gasteiger charge is -2.59. The van der Waals surface area contributed by atoms with Crippen LogP contribution in [0.15, 0.2) is 11.6 Å². The van der Waals surface area contributed by atoms with Crippen molar-refractivity contribution >= 4 is 0 Å². The summed E-state index contributed by atoms with van der Waals surface area (Å²) >= 11 is 0. The fourth-order valence-corrected chi connectivity index (χ4v) is 15.5. The van der Waals surface area contributed by atoms with Gasteiger partial charge in [-0.2, -0.15) is 0 Å². The van der Waals surface area contributed by atoms with Crippen molar-refractivity contribution in [1.29, 1.82) is 0 Å². The summed E-state index contributed by atoms with van der Waals surface area (Å²) in [7, 11) is 0. The van der Waals surface area contributed by atoms with Gasteiger partial charge in [0.2, 0.25) is 0 Å². The van der Waals surface area contributed by atoms with Crippen molar-refractivity contribution in [2.45, 2.75) is 240 Å². The molecule has 74 heavy (non-hydrogen) atoms. The first-order valence-corrected chi connectivity index (χ1v) is 27.0. The molecule has 6 aliphatic heterocycles. The van der Waals surface area contributed by atoms with Gasteiger partial charge in [-0.05, 0) is 92.8 Å². The number of fused-ring (bicyclic) bond motifs is 7. The second-order valence-corrected chi connectivity index (χ2v) is 24.0. The van der Waals surface area contributed by atoms with Crippen LogP contribution >= 0.6 is 0 Å². The summed E-state index contributed by atoms with van der Waals surface area (Å²) in [6, 6.07) is 0. The standard InChI is InChI=1S/C51H82O23/c1-19-8-13-51(74-44(19)72-47-40(63)37(60)34(57)29(17-53)68-47)20(2)31-27(73-51)15-26-24-7-6-22-14-23(9-11-49(22,4)25(24)10-12-50(26,31)5)66-48-43(71-45-38(61)35(58)32(55)21(3)65-45)41(64)42(30(18-54)69-48)70-46-39(62)36(59)33(56)28(16-52)67-46/h6,19-21,23-48,52-64H,7-18H2,1-5H3/t19-,20?,21?,23+,24?,25?,26?,27?,28-,29-,30-,31?,32+,33?,34?,35?,36+,37+,38?,39?,40?,41+,42?,43?,44?,45+,46+,47+,48-,49+,50+,51?/m1/s1. The molecule has 0 bridgehead atoms. The van der Waals surface area contributed by atoms with E-state index in [1.807, 2.05) is 6.92 Å². The number of hydrogen-bond acceptors (Lipinski definition) is 23. The summed E-state index contributed by atoms with van der Waals surface area (Å²) in [5, 5.41) is 138. The molecule has 13 N–H and O–H groups in total. The number of hydrogen-bond donors (Lipinski definition) is 13. The lowest BCUT2D eigenvalue weighted by molar-refractivity contribution is -0.398. The molecule has 0 amide bonds. The van der Waals surface area contributed by atoms with Crippen LogP contribution < -0.4 is 0 Å².